The van der Waals surface area contributed by atoms with Gasteiger partial charge in [-0.2, -0.15) is 0 Å². The van der Waals surface area contributed by atoms with Crippen LogP contribution in [0.2, 0.25) is 0 Å². The average Bonchev–Trinajstić information content (AvgIpc) is 2.46. The fraction of sp³-hybridized carbons (Fsp3) is 0.368. The SMILES string of the molecule is Cc1cc(C)c(NC[C@@H]2CCc3ccccc3N2)c(C)c1. The van der Waals surface area contributed by atoms with Gasteiger partial charge < -0.3 is 10.6 Å². The highest BCUT2D eigenvalue weighted by molar-refractivity contribution is 5.59. The van der Waals surface area contributed by atoms with Crippen molar-refractivity contribution in [3.8, 4) is 0 Å². The maximum atomic E-state index is 3.66. The van der Waals surface area contributed by atoms with Crippen molar-refractivity contribution in [3.63, 3.8) is 0 Å². The Hall–Kier alpha value is -1.96. The second kappa shape index (κ2) is 5.80. The standard InChI is InChI=1S/C19H24N2/c1-13-10-14(2)19(15(3)11-13)20-12-17-9-8-16-6-4-5-7-18(16)21-17/h4-7,10-11,17,20-21H,8-9,12H2,1-3H3/t17-/m0/s1. The minimum Gasteiger partial charge on any atom is -0.383 e. The molecular formula is C19H24N2. The lowest BCUT2D eigenvalue weighted by molar-refractivity contribution is 0.654. The van der Waals surface area contributed by atoms with E-state index in [-0.39, 0.29) is 0 Å². The summed E-state index contributed by atoms with van der Waals surface area (Å²) in [5.74, 6) is 0. The van der Waals surface area contributed by atoms with E-state index in [0.29, 0.717) is 6.04 Å². The smallest absolute Gasteiger partial charge is 0.0437 e. The Morgan fingerprint density at radius 1 is 1.10 bits per heavy atom. The molecular weight excluding hydrogens is 256 g/mol. The summed E-state index contributed by atoms with van der Waals surface area (Å²) in [5.41, 5.74) is 8.04. The molecule has 1 aliphatic rings. The van der Waals surface area contributed by atoms with Crippen LogP contribution < -0.4 is 10.6 Å². The zero-order valence-electron chi connectivity index (χ0n) is 13.2. The first kappa shape index (κ1) is 14.0. The minimum atomic E-state index is 0.500. The van der Waals surface area contributed by atoms with E-state index in [4.69, 9.17) is 0 Å². The number of para-hydroxylation sites is 1. The summed E-state index contributed by atoms with van der Waals surface area (Å²) in [6.07, 6.45) is 2.36. The van der Waals surface area contributed by atoms with Gasteiger partial charge in [0.15, 0.2) is 0 Å². The molecule has 0 unspecified atom stereocenters. The largest absolute Gasteiger partial charge is 0.383 e. The van der Waals surface area contributed by atoms with Gasteiger partial charge in [0.05, 0.1) is 0 Å². The molecule has 2 nitrogen and oxygen atoms in total. The van der Waals surface area contributed by atoms with E-state index in [2.05, 4.69) is 67.8 Å². The van der Waals surface area contributed by atoms with Gasteiger partial charge in [0, 0.05) is 24.0 Å². The van der Waals surface area contributed by atoms with E-state index in [0.717, 1.165) is 6.54 Å². The van der Waals surface area contributed by atoms with Crippen molar-refractivity contribution in [2.24, 2.45) is 0 Å². The molecule has 0 spiro atoms. The molecule has 3 rings (SSSR count). The third kappa shape index (κ3) is 3.05. The Labute approximate surface area is 127 Å². The van der Waals surface area contributed by atoms with Crippen molar-refractivity contribution in [2.45, 2.75) is 39.7 Å². The van der Waals surface area contributed by atoms with Crippen LogP contribution in [0, 0.1) is 20.8 Å². The van der Waals surface area contributed by atoms with Crippen LogP contribution in [0.3, 0.4) is 0 Å². The highest BCUT2D eigenvalue weighted by Crippen LogP contribution is 2.26. The van der Waals surface area contributed by atoms with Crippen molar-refractivity contribution in [2.75, 3.05) is 17.2 Å². The quantitative estimate of drug-likeness (QED) is 0.868. The molecule has 0 fully saturated rings. The van der Waals surface area contributed by atoms with Gasteiger partial charge in [-0.05, 0) is 56.4 Å². The molecule has 0 saturated carbocycles. The van der Waals surface area contributed by atoms with Crippen LogP contribution in [0.4, 0.5) is 11.4 Å². The number of hydrogen-bond donors (Lipinski definition) is 2. The summed E-state index contributed by atoms with van der Waals surface area (Å²) >= 11 is 0. The summed E-state index contributed by atoms with van der Waals surface area (Å²) in [7, 11) is 0. The lowest BCUT2D eigenvalue weighted by Gasteiger charge is -2.28. The zero-order valence-corrected chi connectivity index (χ0v) is 13.2. The van der Waals surface area contributed by atoms with Crippen LogP contribution in [-0.4, -0.2) is 12.6 Å². The van der Waals surface area contributed by atoms with Gasteiger partial charge in [-0.3, -0.25) is 0 Å². The zero-order chi connectivity index (χ0) is 14.8. The summed E-state index contributed by atoms with van der Waals surface area (Å²) in [6, 6.07) is 13.6. The third-order valence-corrected chi connectivity index (χ3v) is 4.34. The molecule has 21 heavy (non-hydrogen) atoms. The van der Waals surface area contributed by atoms with Gasteiger partial charge in [-0.15, -0.1) is 0 Å². The summed E-state index contributed by atoms with van der Waals surface area (Å²) in [4.78, 5) is 0. The van der Waals surface area contributed by atoms with Crippen LogP contribution in [0.15, 0.2) is 36.4 Å². The minimum absolute atomic E-state index is 0.500. The molecule has 0 bridgehead atoms. The van der Waals surface area contributed by atoms with E-state index < -0.39 is 0 Å². The second-order valence-corrected chi connectivity index (χ2v) is 6.19. The van der Waals surface area contributed by atoms with Crippen molar-refractivity contribution < 1.29 is 0 Å². The average molecular weight is 280 g/mol. The van der Waals surface area contributed by atoms with Crippen LogP contribution in [0.1, 0.15) is 28.7 Å². The number of rotatable bonds is 3. The van der Waals surface area contributed by atoms with Crippen molar-refractivity contribution in [1.29, 1.82) is 0 Å². The molecule has 2 heteroatoms. The van der Waals surface area contributed by atoms with Gasteiger partial charge in [0.1, 0.15) is 0 Å². The Kier molecular flexibility index (Phi) is 3.87. The number of anilines is 2. The number of hydrogen-bond acceptors (Lipinski definition) is 2. The van der Waals surface area contributed by atoms with Gasteiger partial charge in [0.2, 0.25) is 0 Å². The molecule has 0 aromatic heterocycles. The molecule has 110 valence electrons. The molecule has 0 amide bonds. The van der Waals surface area contributed by atoms with E-state index >= 15 is 0 Å². The second-order valence-electron chi connectivity index (χ2n) is 6.19. The lowest BCUT2D eigenvalue weighted by Crippen LogP contribution is -2.32. The molecule has 0 aliphatic carbocycles. The molecule has 2 N–H and O–H groups in total. The first-order chi connectivity index (χ1) is 10.1. The Balaban J connectivity index is 1.67. The fourth-order valence-electron chi connectivity index (χ4n) is 3.34. The van der Waals surface area contributed by atoms with Gasteiger partial charge in [0.25, 0.3) is 0 Å². The summed E-state index contributed by atoms with van der Waals surface area (Å²) < 4.78 is 0. The topological polar surface area (TPSA) is 24.1 Å². The van der Waals surface area contributed by atoms with Crippen molar-refractivity contribution >= 4 is 11.4 Å². The van der Waals surface area contributed by atoms with Gasteiger partial charge >= 0.3 is 0 Å². The fourth-order valence-corrected chi connectivity index (χ4v) is 3.34. The molecule has 0 radical (unpaired) electrons. The van der Waals surface area contributed by atoms with Crippen LogP contribution >= 0.6 is 0 Å². The van der Waals surface area contributed by atoms with Crippen LogP contribution in [0.5, 0.6) is 0 Å². The van der Waals surface area contributed by atoms with Gasteiger partial charge in [-0.25, -0.2) is 0 Å². The normalized spacial score (nSPS) is 17.0. The summed E-state index contributed by atoms with van der Waals surface area (Å²) in [5, 5.41) is 7.30. The molecule has 1 aliphatic heterocycles. The van der Waals surface area contributed by atoms with E-state index in [1.54, 1.807) is 0 Å². The number of fused-ring (bicyclic) bond motifs is 1. The first-order valence-electron chi connectivity index (χ1n) is 7.79. The molecule has 1 atom stereocenters. The molecule has 2 aromatic carbocycles. The molecule has 1 heterocycles. The van der Waals surface area contributed by atoms with E-state index in [1.165, 1.54) is 46.5 Å². The predicted molar refractivity (Wildman–Crippen MR) is 91.3 cm³/mol. The molecule has 2 aromatic rings. The predicted octanol–water partition coefficient (Wildman–Crippen LogP) is 4.45. The van der Waals surface area contributed by atoms with Crippen LogP contribution in [-0.2, 0) is 6.42 Å². The van der Waals surface area contributed by atoms with E-state index in [9.17, 15) is 0 Å². The van der Waals surface area contributed by atoms with Crippen molar-refractivity contribution in [3.05, 3.63) is 58.7 Å². The Bertz CT molecular complexity index is 623. The summed E-state index contributed by atoms with van der Waals surface area (Å²) in [6.45, 7) is 7.50. The number of benzene rings is 2. The lowest BCUT2D eigenvalue weighted by atomic mass is 9.98. The maximum Gasteiger partial charge on any atom is 0.0437 e. The van der Waals surface area contributed by atoms with Crippen LogP contribution in [0.25, 0.3) is 0 Å². The number of nitrogens with one attached hydrogen (secondary N) is 2. The molecule has 0 saturated heterocycles. The van der Waals surface area contributed by atoms with E-state index in [1.807, 2.05) is 0 Å². The number of aryl methyl sites for hydroxylation is 4. The van der Waals surface area contributed by atoms with Crippen molar-refractivity contribution in [1.82, 2.24) is 0 Å². The highest BCUT2D eigenvalue weighted by atomic mass is 15.0. The highest BCUT2D eigenvalue weighted by Gasteiger charge is 2.17. The first-order valence-corrected chi connectivity index (χ1v) is 7.79. The maximum absolute atomic E-state index is 3.66. The van der Waals surface area contributed by atoms with Gasteiger partial charge in [-0.1, -0.05) is 35.9 Å². The Morgan fingerprint density at radius 3 is 2.57 bits per heavy atom. The third-order valence-electron chi connectivity index (χ3n) is 4.34. The monoisotopic (exact) mass is 280 g/mol. The Morgan fingerprint density at radius 2 is 1.81 bits per heavy atom.